The fourth-order valence-corrected chi connectivity index (χ4v) is 3.88. The van der Waals surface area contributed by atoms with Crippen molar-refractivity contribution in [1.29, 1.82) is 5.26 Å². The number of nitrogens with zero attached hydrogens (tertiary/aromatic N) is 2. The Labute approximate surface area is 206 Å². The summed E-state index contributed by atoms with van der Waals surface area (Å²) in [4.78, 5) is 23.1. The molecule has 0 bridgehead atoms. The molecule has 10 nitrogen and oxygen atoms in total. The average Bonchev–Trinajstić information content (AvgIpc) is 2.82. The molecule has 2 aromatic rings. The molecule has 11 heteroatoms. The molecule has 0 saturated carbocycles. The molecule has 0 spiro atoms. The van der Waals surface area contributed by atoms with Gasteiger partial charge in [0.05, 0.1) is 35.2 Å². The minimum Gasteiger partial charge on any atom is -0.493 e. The maximum Gasteiger partial charge on any atom is 0.338 e. The van der Waals surface area contributed by atoms with E-state index in [1.165, 1.54) is 19.2 Å². The number of methoxy groups -OCH3 is 1. The van der Waals surface area contributed by atoms with Crippen LogP contribution in [-0.4, -0.2) is 24.6 Å². The lowest BCUT2D eigenvalue weighted by molar-refractivity contribution is -0.384. The summed E-state index contributed by atoms with van der Waals surface area (Å²) < 4.78 is 21.9. The number of carbonyl (C=O) groups excluding carboxylic acids is 1. The smallest absolute Gasteiger partial charge is 0.338 e. The molecule has 1 aliphatic heterocycles. The highest BCUT2D eigenvalue weighted by Gasteiger charge is 2.37. The first kappa shape index (κ1) is 25.4. The lowest BCUT2D eigenvalue weighted by Crippen LogP contribution is -2.25. The third kappa shape index (κ3) is 5.31. The first-order valence-corrected chi connectivity index (χ1v) is 10.8. The van der Waals surface area contributed by atoms with Gasteiger partial charge in [0.25, 0.3) is 5.69 Å². The summed E-state index contributed by atoms with van der Waals surface area (Å²) in [5.41, 5.74) is 7.17. The summed E-state index contributed by atoms with van der Waals surface area (Å²) >= 11 is 6.53. The number of rotatable bonds is 8. The Balaban J connectivity index is 1.99. The second kappa shape index (κ2) is 10.8. The van der Waals surface area contributed by atoms with Crippen molar-refractivity contribution in [2.45, 2.75) is 26.4 Å². The van der Waals surface area contributed by atoms with Crippen molar-refractivity contribution in [2.75, 3.05) is 13.7 Å². The van der Waals surface area contributed by atoms with Gasteiger partial charge in [-0.2, -0.15) is 5.26 Å². The third-order valence-electron chi connectivity index (χ3n) is 5.22. The Kier molecular flexibility index (Phi) is 7.83. The molecule has 2 N–H and O–H groups in total. The molecule has 182 valence electrons. The summed E-state index contributed by atoms with van der Waals surface area (Å²) in [5, 5.41) is 20.7. The number of nitriles is 1. The monoisotopic (exact) mass is 499 g/mol. The topological polar surface area (TPSA) is 147 Å². The molecule has 3 rings (SSSR count). The summed E-state index contributed by atoms with van der Waals surface area (Å²) in [6.45, 7) is 3.41. The van der Waals surface area contributed by atoms with E-state index in [2.05, 4.69) is 0 Å². The van der Waals surface area contributed by atoms with Crippen molar-refractivity contribution in [3.63, 3.8) is 0 Å². The van der Waals surface area contributed by atoms with Gasteiger partial charge in [-0.25, -0.2) is 4.79 Å². The standard InChI is InChI=1S/C24H22ClN3O7/c1-4-33-24(29)20-13(2)35-23(27)17(11-26)21(20)15-9-18(25)22(19(10-15)32-3)34-12-14-5-7-16(8-6-14)28(30)31/h5-10,21H,4,12,27H2,1-3H3. The van der Waals surface area contributed by atoms with Crippen LogP contribution in [0, 0.1) is 21.4 Å². The minimum atomic E-state index is -0.900. The highest BCUT2D eigenvalue weighted by Crippen LogP contribution is 2.45. The second-order valence-electron chi connectivity index (χ2n) is 7.36. The van der Waals surface area contributed by atoms with E-state index < -0.39 is 16.8 Å². The van der Waals surface area contributed by atoms with Gasteiger partial charge in [-0.05, 0) is 49.2 Å². The summed E-state index contributed by atoms with van der Waals surface area (Å²) in [7, 11) is 1.42. The van der Waals surface area contributed by atoms with Crippen LogP contribution in [0.15, 0.2) is 59.2 Å². The van der Waals surface area contributed by atoms with Crippen LogP contribution in [0.4, 0.5) is 5.69 Å². The van der Waals surface area contributed by atoms with Gasteiger partial charge >= 0.3 is 5.97 Å². The zero-order valence-electron chi connectivity index (χ0n) is 19.2. The molecule has 0 fully saturated rings. The van der Waals surface area contributed by atoms with Crippen LogP contribution in [0.3, 0.4) is 0 Å². The number of non-ortho nitro benzene ring substituents is 1. The van der Waals surface area contributed by atoms with Crippen molar-refractivity contribution < 1.29 is 28.7 Å². The molecule has 0 aliphatic carbocycles. The van der Waals surface area contributed by atoms with Gasteiger partial charge < -0.3 is 24.7 Å². The van der Waals surface area contributed by atoms with E-state index in [1.807, 2.05) is 6.07 Å². The van der Waals surface area contributed by atoms with Crippen molar-refractivity contribution in [1.82, 2.24) is 0 Å². The van der Waals surface area contributed by atoms with Crippen LogP contribution in [0.5, 0.6) is 11.5 Å². The van der Waals surface area contributed by atoms with Crippen LogP contribution in [0.1, 0.15) is 30.9 Å². The molecule has 1 aliphatic rings. The van der Waals surface area contributed by atoms with E-state index in [0.717, 1.165) is 0 Å². The van der Waals surface area contributed by atoms with Gasteiger partial charge in [-0.3, -0.25) is 10.1 Å². The van der Waals surface area contributed by atoms with Crippen LogP contribution < -0.4 is 15.2 Å². The Bertz CT molecular complexity index is 1260. The Morgan fingerprint density at radius 2 is 2.00 bits per heavy atom. The molecule has 1 atom stereocenters. The molecule has 2 aromatic carbocycles. The first-order valence-electron chi connectivity index (χ1n) is 10.4. The number of nitro benzene ring substituents is 1. The fourth-order valence-electron chi connectivity index (χ4n) is 3.60. The van der Waals surface area contributed by atoms with E-state index in [0.29, 0.717) is 11.1 Å². The molecular formula is C24H22ClN3O7. The Hall–Kier alpha value is -4.23. The van der Waals surface area contributed by atoms with Crippen LogP contribution >= 0.6 is 11.6 Å². The normalized spacial score (nSPS) is 15.2. The average molecular weight is 500 g/mol. The molecule has 1 heterocycles. The molecule has 35 heavy (non-hydrogen) atoms. The lowest BCUT2D eigenvalue weighted by atomic mass is 9.83. The maximum atomic E-state index is 12.7. The highest BCUT2D eigenvalue weighted by molar-refractivity contribution is 6.32. The number of halogens is 1. The van der Waals surface area contributed by atoms with Gasteiger partial charge in [0.2, 0.25) is 5.88 Å². The molecule has 0 saturated heterocycles. The predicted octanol–water partition coefficient (Wildman–Crippen LogP) is 4.48. The predicted molar refractivity (Wildman–Crippen MR) is 125 cm³/mol. The van der Waals surface area contributed by atoms with Gasteiger partial charge in [-0.1, -0.05) is 11.6 Å². The summed E-state index contributed by atoms with van der Waals surface area (Å²) in [5.74, 6) is -1.00. The number of nitrogens with two attached hydrogens (primary N) is 1. The second-order valence-corrected chi connectivity index (χ2v) is 7.77. The SMILES string of the molecule is CCOC(=O)C1=C(C)OC(N)=C(C#N)C1c1cc(Cl)c(OCc2ccc([N+](=O)[O-])cc2)c(OC)c1. The number of allylic oxidation sites excluding steroid dienone is 2. The lowest BCUT2D eigenvalue weighted by Gasteiger charge is -2.27. The fraction of sp³-hybridized carbons (Fsp3) is 0.250. The van der Waals surface area contributed by atoms with E-state index >= 15 is 0 Å². The number of ether oxygens (including phenoxy) is 4. The van der Waals surface area contributed by atoms with E-state index in [1.54, 1.807) is 38.1 Å². The third-order valence-corrected chi connectivity index (χ3v) is 5.50. The maximum absolute atomic E-state index is 12.7. The minimum absolute atomic E-state index is 0.0244. The van der Waals surface area contributed by atoms with Crippen LogP contribution in [0.2, 0.25) is 5.02 Å². The summed E-state index contributed by atoms with van der Waals surface area (Å²) in [6.07, 6.45) is 0. The molecule has 0 radical (unpaired) electrons. The molecule has 1 unspecified atom stereocenters. The van der Waals surface area contributed by atoms with E-state index in [-0.39, 0.29) is 58.2 Å². The van der Waals surface area contributed by atoms with Gasteiger partial charge in [0.15, 0.2) is 11.5 Å². The Morgan fingerprint density at radius 1 is 1.31 bits per heavy atom. The number of nitro groups is 1. The van der Waals surface area contributed by atoms with Crippen molar-refractivity contribution in [2.24, 2.45) is 5.73 Å². The van der Waals surface area contributed by atoms with E-state index in [4.69, 9.17) is 36.3 Å². The number of carbonyl (C=O) groups is 1. The van der Waals surface area contributed by atoms with Gasteiger partial charge in [-0.15, -0.1) is 0 Å². The Morgan fingerprint density at radius 3 is 2.57 bits per heavy atom. The molecule has 0 amide bonds. The number of esters is 1. The number of hydrogen-bond donors (Lipinski definition) is 1. The largest absolute Gasteiger partial charge is 0.493 e. The highest BCUT2D eigenvalue weighted by atomic mass is 35.5. The zero-order valence-corrected chi connectivity index (χ0v) is 19.9. The van der Waals surface area contributed by atoms with Crippen molar-refractivity contribution in [3.05, 3.63) is 85.5 Å². The number of benzene rings is 2. The zero-order chi connectivity index (χ0) is 25.7. The quantitative estimate of drug-likeness (QED) is 0.315. The van der Waals surface area contributed by atoms with Gasteiger partial charge in [0.1, 0.15) is 24.0 Å². The molecule has 0 aromatic heterocycles. The number of hydrogen-bond acceptors (Lipinski definition) is 9. The summed E-state index contributed by atoms with van der Waals surface area (Å²) in [6, 6.07) is 11.0. The van der Waals surface area contributed by atoms with Crippen LogP contribution in [-0.2, 0) is 20.9 Å². The van der Waals surface area contributed by atoms with Crippen LogP contribution in [0.25, 0.3) is 0 Å². The first-order chi connectivity index (χ1) is 16.7. The van der Waals surface area contributed by atoms with E-state index in [9.17, 15) is 20.2 Å². The van der Waals surface area contributed by atoms with Gasteiger partial charge in [0, 0.05) is 12.1 Å². The van der Waals surface area contributed by atoms with Crippen molar-refractivity contribution >= 4 is 23.3 Å². The van der Waals surface area contributed by atoms with Crippen molar-refractivity contribution in [3.8, 4) is 17.6 Å². The molecular weight excluding hydrogens is 478 g/mol.